The van der Waals surface area contributed by atoms with Gasteiger partial charge in [0.25, 0.3) is 0 Å². The zero-order valence-corrected chi connectivity index (χ0v) is 11.2. The molecule has 2 aromatic rings. The lowest BCUT2D eigenvalue weighted by atomic mass is 9.91. The van der Waals surface area contributed by atoms with Crippen molar-refractivity contribution in [3.8, 4) is 0 Å². The Bertz CT molecular complexity index is 538. The van der Waals surface area contributed by atoms with Crippen molar-refractivity contribution >= 4 is 0 Å². The van der Waals surface area contributed by atoms with Crippen molar-refractivity contribution in [3.63, 3.8) is 0 Å². The summed E-state index contributed by atoms with van der Waals surface area (Å²) in [5.74, 6) is -0.413. The van der Waals surface area contributed by atoms with Crippen LogP contribution in [0.15, 0.2) is 30.6 Å². The molecule has 0 spiro atoms. The number of aromatic nitrogens is 3. The molecular formula is C14H18FN3O. The smallest absolute Gasteiger partial charge is 0.148 e. The Hall–Kier alpha value is -1.75. The minimum atomic E-state index is -1.24. The quantitative estimate of drug-likeness (QED) is 0.901. The van der Waals surface area contributed by atoms with E-state index < -0.39 is 11.4 Å². The molecule has 0 aliphatic heterocycles. The van der Waals surface area contributed by atoms with Crippen molar-refractivity contribution in [2.75, 3.05) is 0 Å². The van der Waals surface area contributed by atoms with E-state index in [1.165, 1.54) is 12.1 Å². The molecule has 0 saturated carbocycles. The predicted molar refractivity (Wildman–Crippen MR) is 70.0 cm³/mol. The SMILES string of the molecule is CCCn1nccc1C(O)(CC)c1ccc(F)cn1. The second-order valence-electron chi connectivity index (χ2n) is 4.52. The van der Waals surface area contributed by atoms with Crippen molar-refractivity contribution < 1.29 is 9.50 Å². The summed E-state index contributed by atoms with van der Waals surface area (Å²) in [5, 5.41) is 15.1. The van der Waals surface area contributed by atoms with Gasteiger partial charge in [-0.15, -0.1) is 0 Å². The lowest BCUT2D eigenvalue weighted by Gasteiger charge is -2.27. The molecule has 0 radical (unpaired) electrons. The Labute approximate surface area is 111 Å². The van der Waals surface area contributed by atoms with E-state index in [0.717, 1.165) is 19.2 Å². The monoisotopic (exact) mass is 263 g/mol. The van der Waals surface area contributed by atoms with Crippen molar-refractivity contribution in [2.45, 2.75) is 38.8 Å². The molecule has 102 valence electrons. The van der Waals surface area contributed by atoms with Crippen LogP contribution in [0.25, 0.3) is 0 Å². The van der Waals surface area contributed by atoms with E-state index in [1.54, 1.807) is 16.9 Å². The first-order chi connectivity index (χ1) is 9.11. The highest BCUT2D eigenvalue weighted by atomic mass is 19.1. The topological polar surface area (TPSA) is 50.9 Å². The first-order valence-electron chi connectivity index (χ1n) is 6.48. The molecule has 0 aliphatic carbocycles. The molecule has 2 aromatic heterocycles. The van der Waals surface area contributed by atoms with E-state index in [0.29, 0.717) is 17.8 Å². The summed E-state index contributed by atoms with van der Waals surface area (Å²) < 4.78 is 14.7. The number of aliphatic hydroxyl groups is 1. The van der Waals surface area contributed by atoms with Gasteiger partial charge in [0.2, 0.25) is 0 Å². The lowest BCUT2D eigenvalue weighted by Crippen LogP contribution is -2.31. The normalized spacial score (nSPS) is 14.3. The number of hydrogen-bond donors (Lipinski definition) is 1. The van der Waals surface area contributed by atoms with Crippen LogP contribution < -0.4 is 0 Å². The second-order valence-corrected chi connectivity index (χ2v) is 4.52. The second kappa shape index (κ2) is 5.48. The molecule has 0 aliphatic rings. The van der Waals surface area contributed by atoms with Crippen LogP contribution in [-0.4, -0.2) is 19.9 Å². The predicted octanol–water partition coefficient (Wildman–Crippen LogP) is 2.47. The summed E-state index contributed by atoms with van der Waals surface area (Å²) in [7, 11) is 0. The Balaban J connectivity index is 2.46. The minimum absolute atomic E-state index is 0.413. The molecule has 0 saturated heterocycles. The first-order valence-corrected chi connectivity index (χ1v) is 6.48. The molecule has 5 heteroatoms. The van der Waals surface area contributed by atoms with Gasteiger partial charge in [-0.1, -0.05) is 13.8 Å². The molecule has 4 nitrogen and oxygen atoms in total. The van der Waals surface area contributed by atoms with Gasteiger partial charge in [0.1, 0.15) is 11.4 Å². The third kappa shape index (κ3) is 2.51. The molecule has 0 amide bonds. The summed E-state index contributed by atoms with van der Waals surface area (Å²) in [6, 6.07) is 4.61. The van der Waals surface area contributed by atoms with Crippen molar-refractivity contribution in [1.29, 1.82) is 0 Å². The summed E-state index contributed by atoms with van der Waals surface area (Å²) in [6.07, 6.45) is 4.15. The van der Waals surface area contributed by atoms with E-state index in [9.17, 15) is 9.50 Å². The fraction of sp³-hybridized carbons (Fsp3) is 0.429. The maximum absolute atomic E-state index is 13.0. The van der Waals surface area contributed by atoms with E-state index >= 15 is 0 Å². The van der Waals surface area contributed by atoms with Crippen LogP contribution in [0.4, 0.5) is 4.39 Å². The molecular weight excluding hydrogens is 245 g/mol. The number of pyridine rings is 1. The van der Waals surface area contributed by atoms with Gasteiger partial charge in [-0.05, 0) is 31.0 Å². The minimum Gasteiger partial charge on any atom is -0.377 e. The van der Waals surface area contributed by atoms with Crippen LogP contribution in [0.1, 0.15) is 38.1 Å². The number of aryl methyl sites for hydroxylation is 1. The molecule has 0 bridgehead atoms. The molecule has 0 fully saturated rings. The van der Waals surface area contributed by atoms with E-state index in [4.69, 9.17) is 0 Å². The maximum Gasteiger partial charge on any atom is 0.148 e. The number of halogens is 1. The average Bonchev–Trinajstić information content (AvgIpc) is 2.88. The summed E-state index contributed by atoms with van der Waals surface area (Å²) >= 11 is 0. The van der Waals surface area contributed by atoms with Crippen molar-refractivity contribution in [2.24, 2.45) is 0 Å². The fourth-order valence-electron chi connectivity index (χ4n) is 2.19. The zero-order valence-electron chi connectivity index (χ0n) is 11.2. The van der Waals surface area contributed by atoms with Crippen LogP contribution in [0.5, 0.6) is 0 Å². The van der Waals surface area contributed by atoms with Crippen LogP contribution >= 0.6 is 0 Å². The third-order valence-electron chi connectivity index (χ3n) is 3.24. The van der Waals surface area contributed by atoms with Crippen LogP contribution in [0, 0.1) is 5.82 Å². The van der Waals surface area contributed by atoms with Crippen LogP contribution in [0.3, 0.4) is 0 Å². The van der Waals surface area contributed by atoms with Gasteiger partial charge in [0.05, 0.1) is 17.6 Å². The standard InChI is InChI=1S/C14H18FN3O/c1-3-9-18-13(7-8-17-18)14(19,4-2)12-6-5-11(15)10-16-12/h5-8,10,19H,3-4,9H2,1-2H3. The van der Waals surface area contributed by atoms with Gasteiger partial charge in [-0.3, -0.25) is 9.67 Å². The lowest BCUT2D eigenvalue weighted by molar-refractivity contribution is 0.0618. The summed E-state index contributed by atoms with van der Waals surface area (Å²) in [4.78, 5) is 4.01. The van der Waals surface area contributed by atoms with Gasteiger partial charge in [0, 0.05) is 12.7 Å². The maximum atomic E-state index is 13.0. The van der Waals surface area contributed by atoms with Gasteiger partial charge < -0.3 is 5.11 Å². The molecule has 0 aromatic carbocycles. The third-order valence-corrected chi connectivity index (χ3v) is 3.24. The number of nitrogens with zero attached hydrogens (tertiary/aromatic N) is 3. The van der Waals surface area contributed by atoms with Gasteiger partial charge in [0.15, 0.2) is 0 Å². The van der Waals surface area contributed by atoms with Gasteiger partial charge in [-0.2, -0.15) is 5.10 Å². The zero-order chi connectivity index (χ0) is 13.9. The molecule has 2 rings (SSSR count). The Morgan fingerprint density at radius 2 is 2.11 bits per heavy atom. The highest BCUT2D eigenvalue weighted by Crippen LogP contribution is 2.31. The van der Waals surface area contributed by atoms with Crippen LogP contribution in [0.2, 0.25) is 0 Å². The van der Waals surface area contributed by atoms with Crippen molar-refractivity contribution in [3.05, 3.63) is 47.8 Å². The van der Waals surface area contributed by atoms with Crippen molar-refractivity contribution in [1.82, 2.24) is 14.8 Å². The van der Waals surface area contributed by atoms with E-state index in [1.807, 2.05) is 13.8 Å². The largest absolute Gasteiger partial charge is 0.377 e. The number of hydrogen-bond acceptors (Lipinski definition) is 3. The van der Waals surface area contributed by atoms with E-state index in [-0.39, 0.29) is 0 Å². The van der Waals surface area contributed by atoms with E-state index in [2.05, 4.69) is 10.1 Å². The first kappa shape index (κ1) is 13.7. The summed E-state index contributed by atoms with van der Waals surface area (Å²) in [6.45, 7) is 4.65. The van der Waals surface area contributed by atoms with Gasteiger partial charge in [-0.25, -0.2) is 4.39 Å². The summed E-state index contributed by atoms with van der Waals surface area (Å²) in [5.41, 5.74) is -0.107. The fourth-order valence-corrected chi connectivity index (χ4v) is 2.19. The Morgan fingerprint density at radius 1 is 1.32 bits per heavy atom. The molecule has 1 unspecified atom stereocenters. The Kier molecular flexibility index (Phi) is 3.95. The molecule has 1 atom stereocenters. The molecule has 2 heterocycles. The highest BCUT2D eigenvalue weighted by Gasteiger charge is 2.34. The van der Waals surface area contributed by atoms with Gasteiger partial charge >= 0.3 is 0 Å². The molecule has 19 heavy (non-hydrogen) atoms. The molecule has 1 N–H and O–H groups in total. The van der Waals surface area contributed by atoms with Crippen LogP contribution in [-0.2, 0) is 12.1 Å². The highest BCUT2D eigenvalue weighted by molar-refractivity contribution is 5.26. The number of rotatable bonds is 5. The average molecular weight is 263 g/mol. The Morgan fingerprint density at radius 3 is 2.68 bits per heavy atom.